The highest BCUT2D eigenvalue weighted by molar-refractivity contribution is 5.95. The van der Waals surface area contributed by atoms with Gasteiger partial charge in [0.25, 0.3) is 5.91 Å². The number of rotatable bonds is 8. The van der Waals surface area contributed by atoms with Gasteiger partial charge in [-0.3, -0.25) is 24.6 Å². The molecule has 0 aliphatic heterocycles. The number of hydrogen-bond acceptors (Lipinski definition) is 6. The molecule has 136 valence electrons. The maximum absolute atomic E-state index is 12.3. The molecule has 9 heteroatoms. The summed E-state index contributed by atoms with van der Waals surface area (Å²) in [5, 5.41) is 22.7. The molecule has 0 atom stereocenters. The van der Waals surface area contributed by atoms with E-state index < -0.39 is 16.8 Å². The molecule has 1 aromatic carbocycles. The van der Waals surface area contributed by atoms with E-state index in [1.54, 1.807) is 0 Å². The lowest BCUT2D eigenvalue weighted by molar-refractivity contribution is -0.385. The second kappa shape index (κ2) is 7.93. The minimum absolute atomic E-state index is 0.0213. The van der Waals surface area contributed by atoms with Crippen LogP contribution in [-0.4, -0.2) is 59.1 Å². The molecule has 1 fully saturated rings. The smallest absolute Gasteiger partial charge is 0.317 e. The van der Waals surface area contributed by atoms with Gasteiger partial charge in [-0.1, -0.05) is 6.92 Å². The largest absolute Gasteiger partial charge is 0.490 e. The van der Waals surface area contributed by atoms with Crippen LogP contribution in [-0.2, 0) is 4.79 Å². The van der Waals surface area contributed by atoms with Crippen molar-refractivity contribution in [3.8, 4) is 5.75 Å². The van der Waals surface area contributed by atoms with Crippen molar-refractivity contribution in [3.63, 3.8) is 0 Å². The predicted octanol–water partition coefficient (Wildman–Crippen LogP) is 1.27. The Morgan fingerprint density at radius 2 is 2.12 bits per heavy atom. The first kappa shape index (κ1) is 18.7. The molecule has 1 aromatic rings. The zero-order valence-corrected chi connectivity index (χ0v) is 14.1. The topological polar surface area (TPSA) is 122 Å². The molecule has 0 bridgehead atoms. The summed E-state index contributed by atoms with van der Waals surface area (Å²) in [6.45, 7) is 2.50. The highest BCUT2D eigenvalue weighted by Gasteiger charge is 2.35. The fraction of sp³-hybridized carbons (Fsp3) is 0.500. The molecule has 2 N–H and O–H groups in total. The maximum atomic E-state index is 12.3. The monoisotopic (exact) mass is 351 g/mol. The molecule has 9 nitrogen and oxygen atoms in total. The first-order valence-corrected chi connectivity index (χ1v) is 7.94. The molecule has 25 heavy (non-hydrogen) atoms. The third-order valence-electron chi connectivity index (χ3n) is 4.35. The summed E-state index contributed by atoms with van der Waals surface area (Å²) in [5.74, 6) is -1.17. The Labute approximate surface area is 144 Å². The van der Waals surface area contributed by atoms with Gasteiger partial charge in [-0.2, -0.15) is 0 Å². The Morgan fingerprint density at radius 1 is 1.44 bits per heavy atom. The minimum Gasteiger partial charge on any atom is -0.490 e. The van der Waals surface area contributed by atoms with Crippen LogP contribution < -0.4 is 10.1 Å². The van der Waals surface area contributed by atoms with E-state index in [9.17, 15) is 19.7 Å². The molecule has 1 saturated carbocycles. The van der Waals surface area contributed by atoms with Gasteiger partial charge in [0.05, 0.1) is 18.6 Å². The Morgan fingerprint density at radius 3 is 2.64 bits per heavy atom. The highest BCUT2D eigenvalue weighted by Crippen LogP contribution is 2.29. The Kier molecular flexibility index (Phi) is 5.92. The third-order valence-corrected chi connectivity index (χ3v) is 4.35. The average Bonchev–Trinajstić information content (AvgIpc) is 2.54. The van der Waals surface area contributed by atoms with Gasteiger partial charge in [0.2, 0.25) is 0 Å². The van der Waals surface area contributed by atoms with Crippen LogP contribution in [0.4, 0.5) is 5.69 Å². The first-order chi connectivity index (χ1) is 11.8. The SMILES string of the molecule is CCN(CC(=O)O)C1CC(NC(=O)c2ccc(OC)c([N+](=O)[O-])c2)C1. The molecular formula is C16H21N3O6. The second-order valence-corrected chi connectivity index (χ2v) is 5.90. The summed E-state index contributed by atoms with van der Waals surface area (Å²) < 4.78 is 4.91. The van der Waals surface area contributed by atoms with E-state index in [0.29, 0.717) is 19.4 Å². The molecule has 1 aliphatic rings. The van der Waals surface area contributed by atoms with Gasteiger partial charge in [-0.15, -0.1) is 0 Å². The number of benzene rings is 1. The van der Waals surface area contributed by atoms with E-state index in [0.717, 1.165) is 0 Å². The lowest BCUT2D eigenvalue weighted by Gasteiger charge is -2.42. The van der Waals surface area contributed by atoms with Crippen LogP contribution in [0.3, 0.4) is 0 Å². The molecule has 0 unspecified atom stereocenters. The van der Waals surface area contributed by atoms with Crippen molar-refractivity contribution in [3.05, 3.63) is 33.9 Å². The van der Waals surface area contributed by atoms with Crippen molar-refractivity contribution < 1.29 is 24.4 Å². The molecule has 0 aromatic heterocycles. The quantitative estimate of drug-likeness (QED) is 0.534. The summed E-state index contributed by atoms with van der Waals surface area (Å²) in [6, 6.07) is 4.10. The lowest BCUT2D eigenvalue weighted by atomic mass is 9.85. The zero-order valence-electron chi connectivity index (χ0n) is 14.1. The number of carboxylic acid groups (broad SMARTS) is 1. The summed E-state index contributed by atoms with van der Waals surface area (Å²) >= 11 is 0. The number of amides is 1. The predicted molar refractivity (Wildman–Crippen MR) is 88.8 cm³/mol. The Bertz CT molecular complexity index is 672. The van der Waals surface area contributed by atoms with Crippen molar-refractivity contribution in [1.82, 2.24) is 10.2 Å². The van der Waals surface area contributed by atoms with Gasteiger partial charge in [0.1, 0.15) is 0 Å². The van der Waals surface area contributed by atoms with Crippen LogP contribution in [0.5, 0.6) is 5.75 Å². The van der Waals surface area contributed by atoms with Crippen molar-refractivity contribution in [2.24, 2.45) is 0 Å². The van der Waals surface area contributed by atoms with Crippen LogP contribution in [0.2, 0.25) is 0 Å². The number of nitrogens with zero attached hydrogens (tertiary/aromatic N) is 2. The van der Waals surface area contributed by atoms with Gasteiger partial charge < -0.3 is 15.2 Å². The van der Waals surface area contributed by atoms with Gasteiger partial charge in [0.15, 0.2) is 5.75 Å². The number of nitrogens with one attached hydrogen (secondary N) is 1. The van der Waals surface area contributed by atoms with E-state index in [-0.39, 0.29) is 35.6 Å². The van der Waals surface area contributed by atoms with Crippen molar-refractivity contribution >= 4 is 17.6 Å². The molecule has 1 amide bonds. The third kappa shape index (κ3) is 4.44. The van der Waals surface area contributed by atoms with Gasteiger partial charge in [-0.05, 0) is 31.5 Å². The Balaban J connectivity index is 1.95. The lowest BCUT2D eigenvalue weighted by Crippen LogP contribution is -2.54. The number of nitro groups is 1. The van der Waals surface area contributed by atoms with E-state index in [1.807, 2.05) is 11.8 Å². The molecule has 0 heterocycles. The van der Waals surface area contributed by atoms with Crippen LogP contribution in [0.15, 0.2) is 18.2 Å². The number of aliphatic carboxylic acids is 1. The van der Waals surface area contributed by atoms with Crippen LogP contribution in [0, 0.1) is 10.1 Å². The molecule has 1 aliphatic carbocycles. The standard InChI is InChI=1S/C16H21N3O6/c1-3-18(9-15(20)21)12-7-11(8-12)17-16(22)10-4-5-14(25-2)13(6-10)19(23)24/h4-6,11-12H,3,7-9H2,1-2H3,(H,17,22)(H,20,21). The number of likely N-dealkylation sites (N-methyl/N-ethyl adjacent to an activating group) is 1. The van der Waals surface area contributed by atoms with Crippen LogP contribution in [0.1, 0.15) is 30.1 Å². The summed E-state index contributed by atoms with van der Waals surface area (Å²) in [6.07, 6.45) is 1.32. The number of ether oxygens (including phenoxy) is 1. The van der Waals surface area contributed by atoms with Crippen LogP contribution in [0.25, 0.3) is 0 Å². The molecule has 0 spiro atoms. The maximum Gasteiger partial charge on any atom is 0.317 e. The number of carboxylic acids is 1. The fourth-order valence-electron chi connectivity index (χ4n) is 2.92. The van der Waals surface area contributed by atoms with Gasteiger partial charge in [0, 0.05) is 23.7 Å². The van der Waals surface area contributed by atoms with E-state index in [4.69, 9.17) is 9.84 Å². The summed E-state index contributed by atoms with van der Waals surface area (Å²) in [4.78, 5) is 35.4. The number of methoxy groups -OCH3 is 1. The minimum atomic E-state index is -0.875. The molecule has 0 saturated heterocycles. The summed E-state index contributed by atoms with van der Waals surface area (Å²) in [7, 11) is 1.33. The molecule has 0 radical (unpaired) electrons. The van der Waals surface area contributed by atoms with Crippen molar-refractivity contribution in [2.75, 3.05) is 20.2 Å². The summed E-state index contributed by atoms with van der Waals surface area (Å²) in [5.41, 5.74) is -0.0749. The molecular weight excluding hydrogens is 330 g/mol. The van der Waals surface area contributed by atoms with Crippen molar-refractivity contribution in [1.29, 1.82) is 0 Å². The van der Waals surface area contributed by atoms with E-state index in [1.165, 1.54) is 25.3 Å². The fourth-order valence-corrected chi connectivity index (χ4v) is 2.92. The zero-order chi connectivity index (χ0) is 18.6. The van der Waals surface area contributed by atoms with E-state index >= 15 is 0 Å². The number of carbonyl (C=O) groups is 2. The highest BCUT2D eigenvalue weighted by atomic mass is 16.6. The van der Waals surface area contributed by atoms with Crippen LogP contribution >= 0.6 is 0 Å². The second-order valence-electron chi connectivity index (χ2n) is 5.90. The van der Waals surface area contributed by atoms with Gasteiger partial charge >= 0.3 is 11.7 Å². The normalized spacial score (nSPS) is 19.2. The van der Waals surface area contributed by atoms with Gasteiger partial charge in [-0.25, -0.2) is 0 Å². The first-order valence-electron chi connectivity index (χ1n) is 7.94. The molecule has 2 rings (SSSR count). The van der Waals surface area contributed by atoms with E-state index in [2.05, 4.69) is 5.32 Å². The van der Waals surface area contributed by atoms with Crippen molar-refractivity contribution in [2.45, 2.75) is 31.8 Å². The number of hydrogen-bond donors (Lipinski definition) is 2. The number of nitro benzene ring substituents is 1. The Hall–Kier alpha value is -2.68. The number of carbonyl (C=O) groups excluding carboxylic acids is 1. The average molecular weight is 351 g/mol.